The summed E-state index contributed by atoms with van der Waals surface area (Å²) in [6.07, 6.45) is 0.671. The Balaban J connectivity index is 1.56. The molecule has 0 unspecified atom stereocenters. The van der Waals surface area contributed by atoms with Crippen LogP contribution < -0.4 is 10.3 Å². The summed E-state index contributed by atoms with van der Waals surface area (Å²) in [6.45, 7) is -0.310. The number of ether oxygens (including phenoxy) is 1. The Morgan fingerprint density at radius 2 is 2.00 bits per heavy atom. The minimum Gasteiger partial charge on any atom is -0.439 e. The van der Waals surface area contributed by atoms with Crippen LogP contribution in [0.5, 0.6) is 0 Å². The first kappa shape index (κ1) is 18.5. The summed E-state index contributed by atoms with van der Waals surface area (Å²) < 4.78 is 9.61. The molecule has 1 N–H and O–H groups in total. The maximum atomic E-state index is 11.8. The molecule has 8 nitrogen and oxygen atoms in total. The van der Waals surface area contributed by atoms with Crippen molar-refractivity contribution >= 4 is 24.9 Å². The normalized spacial score (nSPS) is 10.9. The molecular weight excluding hydrogens is 368 g/mol. The van der Waals surface area contributed by atoms with Crippen molar-refractivity contribution in [1.82, 2.24) is 10.6 Å². The van der Waals surface area contributed by atoms with Gasteiger partial charge in [0.05, 0.1) is 6.21 Å². The maximum Gasteiger partial charge on any atom is 0.428 e. The Labute approximate surface area is 160 Å². The molecule has 3 aromatic rings. The van der Waals surface area contributed by atoms with Crippen LogP contribution >= 0.6 is 12.6 Å². The number of carbonyl (C=O) groups is 1. The average Bonchev–Trinajstić information content (AvgIpc) is 3.08. The van der Waals surface area contributed by atoms with Gasteiger partial charge in [-0.15, -0.1) is 0 Å². The number of thiol groups is 1. The largest absolute Gasteiger partial charge is 0.439 e. The molecule has 9 heteroatoms. The second-order valence-electron chi connectivity index (χ2n) is 5.44. The number of benzene rings is 2. The molecule has 0 saturated carbocycles. The second kappa shape index (κ2) is 8.86. The minimum absolute atomic E-state index is 0.0858. The van der Waals surface area contributed by atoms with E-state index in [4.69, 9.17) is 4.74 Å². The Kier molecular flexibility index (Phi) is 6.06. The number of nitrogens with one attached hydrogen (secondary N) is 1. The molecule has 0 radical (unpaired) electrons. The zero-order valence-corrected chi connectivity index (χ0v) is 15.0. The van der Waals surface area contributed by atoms with Gasteiger partial charge in [0, 0.05) is 16.5 Å². The number of rotatable bonds is 6. The van der Waals surface area contributed by atoms with Gasteiger partial charge < -0.3 is 9.94 Å². The standard InChI is InChI=1S/C18H16N4O4S/c23-18(20-19-10-13-6-8-14(12-27)9-7-13)25-11-16-17(21-26-22(16)24)15-4-2-1-3-5-15/h1-10,27H,11-12H2,(H,20,23)/b19-10+. The summed E-state index contributed by atoms with van der Waals surface area (Å²) in [7, 11) is 0. The van der Waals surface area contributed by atoms with Gasteiger partial charge in [-0.2, -0.15) is 17.7 Å². The summed E-state index contributed by atoms with van der Waals surface area (Å²) in [6, 6.07) is 16.5. The SMILES string of the molecule is O=C(N/N=C/c1ccc(CS)cc1)OCc1c(-c2ccccc2)no[n+]1[O-]. The third-order valence-electron chi connectivity index (χ3n) is 3.62. The van der Waals surface area contributed by atoms with Gasteiger partial charge in [-0.1, -0.05) is 54.6 Å². The van der Waals surface area contributed by atoms with E-state index in [1.807, 2.05) is 30.3 Å². The molecule has 1 heterocycles. The maximum absolute atomic E-state index is 11.8. The number of hydrazone groups is 1. The highest BCUT2D eigenvalue weighted by Crippen LogP contribution is 2.19. The molecule has 1 amide bonds. The fourth-order valence-corrected chi connectivity index (χ4v) is 2.45. The zero-order valence-electron chi connectivity index (χ0n) is 14.1. The molecule has 138 valence electrons. The van der Waals surface area contributed by atoms with Crippen LogP contribution in [0.15, 0.2) is 64.3 Å². The monoisotopic (exact) mass is 384 g/mol. The van der Waals surface area contributed by atoms with Gasteiger partial charge in [-0.05, 0) is 16.0 Å². The number of hydrogen-bond acceptors (Lipinski definition) is 7. The van der Waals surface area contributed by atoms with E-state index in [1.54, 1.807) is 24.3 Å². The summed E-state index contributed by atoms with van der Waals surface area (Å²) >= 11 is 4.19. The van der Waals surface area contributed by atoms with E-state index in [-0.39, 0.29) is 17.2 Å². The van der Waals surface area contributed by atoms with Crippen LogP contribution in [0.2, 0.25) is 0 Å². The van der Waals surface area contributed by atoms with Gasteiger partial charge in [0.25, 0.3) is 5.69 Å². The topological polar surface area (TPSA) is 104 Å². The Morgan fingerprint density at radius 3 is 2.70 bits per heavy atom. The van der Waals surface area contributed by atoms with Gasteiger partial charge in [-0.3, -0.25) is 4.63 Å². The van der Waals surface area contributed by atoms with Crippen molar-refractivity contribution in [3.05, 3.63) is 76.6 Å². The summed E-state index contributed by atoms with van der Waals surface area (Å²) in [5.74, 6) is 0.648. The molecule has 0 aliphatic rings. The van der Waals surface area contributed by atoms with Crippen LogP contribution in [0.4, 0.5) is 4.79 Å². The molecule has 27 heavy (non-hydrogen) atoms. The first-order valence-electron chi connectivity index (χ1n) is 7.97. The van der Waals surface area contributed by atoms with E-state index < -0.39 is 6.09 Å². The van der Waals surface area contributed by atoms with E-state index in [2.05, 4.69) is 32.9 Å². The lowest BCUT2D eigenvalue weighted by atomic mass is 10.1. The molecule has 0 saturated heterocycles. The van der Waals surface area contributed by atoms with Gasteiger partial charge in [-0.25, -0.2) is 10.2 Å². The van der Waals surface area contributed by atoms with Crippen LogP contribution in [0, 0.1) is 5.21 Å². The summed E-state index contributed by atoms with van der Waals surface area (Å²) in [5, 5.41) is 19.2. The van der Waals surface area contributed by atoms with E-state index >= 15 is 0 Å². The Hall–Kier alpha value is -3.33. The van der Waals surface area contributed by atoms with Gasteiger partial charge in [0.1, 0.15) is 0 Å². The smallest absolute Gasteiger partial charge is 0.428 e. The summed E-state index contributed by atoms with van der Waals surface area (Å²) in [5.41, 5.74) is 5.20. The van der Waals surface area contributed by atoms with Crippen LogP contribution in [0.25, 0.3) is 11.3 Å². The molecular formula is C18H16N4O4S. The number of hydrogen-bond donors (Lipinski definition) is 2. The second-order valence-corrected chi connectivity index (χ2v) is 5.75. The molecule has 1 aromatic heterocycles. The first-order valence-corrected chi connectivity index (χ1v) is 8.60. The van der Waals surface area contributed by atoms with Crippen LogP contribution in [0.1, 0.15) is 16.8 Å². The lowest BCUT2D eigenvalue weighted by Crippen LogP contribution is -2.30. The number of nitrogens with zero attached hydrogens (tertiary/aromatic N) is 3. The van der Waals surface area contributed by atoms with Crippen molar-refractivity contribution in [3.63, 3.8) is 0 Å². The van der Waals surface area contributed by atoms with Crippen molar-refractivity contribution < 1.29 is 19.1 Å². The van der Waals surface area contributed by atoms with Crippen LogP contribution in [0.3, 0.4) is 0 Å². The molecule has 0 bridgehead atoms. The minimum atomic E-state index is -0.807. The molecule has 0 fully saturated rings. The lowest BCUT2D eigenvalue weighted by Gasteiger charge is -2.02. The summed E-state index contributed by atoms with van der Waals surface area (Å²) in [4.78, 5) is 12.0. The van der Waals surface area contributed by atoms with Crippen LogP contribution in [-0.4, -0.2) is 17.5 Å². The fourth-order valence-electron chi connectivity index (χ4n) is 2.24. The number of carbonyl (C=O) groups excluding carboxylic acids is 1. The van der Waals surface area contributed by atoms with Crippen molar-refractivity contribution in [1.29, 1.82) is 0 Å². The third kappa shape index (κ3) is 4.85. The highest BCUT2D eigenvalue weighted by molar-refractivity contribution is 7.79. The van der Waals surface area contributed by atoms with Crippen LogP contribution in [-0.2, 0) is 17.1 Å². The van der Waals surface area contributed by atoms with Gasteiger partial charge in [0.2, 0.25) is 5.69 Å². The molecule has 0 spiro atoms. The molecule has 3 rings (SSSR count). The van der Waals surface area contributed by atoms with Crippen molar-refractivity contribution in [3.8, 4) is 11.3 Å². The third-order valence-corrected chi connectivity index (χ3v) is 3.98. The number of aromatic nitrogens is 2. The zero-order chi connectivity index (χ0) is 19.1. The fraction of sp³-hybridized carbons (Fsp3) is 0.111. The molecule has 0 aliphatic heterocycles. The van der Waals surface area contributed by atoms with Crippen molar-refractivity contribution in [2.45, 2.75) is 12.4 Å². The Morgan fingerprint density at radius 1 is 1.26 bits per heavy atom. The Bertz CT molecular complexity index is 926. The van der Waals surface area contributed by atoms with Crippen molar-refractivity contribution in [2.75, 3.05) is 0 Å². The highest BCUT2D eigenvalue weighted by Gasteiger charge is 2.22. The van der Waals surface area contributed by atoms with E-state index in [9.17, 15) is 10.0 Å². The van der Waals surface area contributed by atoms with Gasteiger partial charge in [0.15, 0.2) is 6.61 Å². The first-order chi connectivity index (χ1) is 13.2. The van der Waals surface area contributed by atoms with E-state index in [0.29, 0.717) is 17.0 Å². The highest BCUT2D eigenvalue weighted by atomic mass is 32.1. The average molecular weight is 384 g/mol. The van der Waals surface area contributed by atoms with Crippen molar-refractivity contribution in [2.24, 2.45) is 5.10 Å². The predicted octanol–water partition coefficient (Wildman–Crippen LogP) is 2.67. The molecule has 2 aromatic carbocycles. The predicted molar refractivity (Wildman–Crippen MR) is 101 cm³/mol. The number of amides is 1. The molecule has 0 aliphatic carbocycles. The van der Waals surface area contributed by atoms with E-state index in [1.165, 1.54) is 6.21 Å². The molecule has 0 atom stereocenters. The lowest BCUT2D eigenvalue weighted by molar-refractivity contribution is -0.808. The van der Waals surface area contributed by atoms with E-state index in [0.717, 1.165) is 11.1 Å². The van der Waals surface area contributed by atoms with Gasteiger partial charge >= 0.3 is 6.09 Å². The quantitative estimate of drug-likeness (QED) is 0.294.